The highest BCUT2D eigenvalue weighted by Crippen LogP contribution is 2.31. The number of methoxy groups -OCH3 is 1. The monoisotopic (exact) mass is 478 g/mol. The lowest BCUT2D eigenvalue weighted by molar-refractivity contribution is -0.137. The molecular weight excluding hydrogens is 461 g/mol. The number of halogens is 4. The van der Waals surface area contributed by atoms with Gasteiger partial charge in [-0.2, -0.15) is 18.3 Å². The third-order valence-electron chi connectivity index (χ3n) is 4.45. The van der Waals surface area contributed by atoms with Gasteiger partial charge in [0.15, 0.2) is 11.5 Å². The minimum atomic E-state index is -4.39. The maximum absolute atomic E-state index is 12.7. The van der Waals surface area contributed by atoms with Gasteiger partial charge in [-0.05, 0) is 59.7 Å². The SMILES string of the molecule is COc1cc(/C=N/NC(=O)c2ccc(O)c(Cl)c2)ccc1OCc1ccc(C(F)(F)F)cc1. The smallest absolute Gasteiger partial charge is 0.416 e. The first-order valence-corrected chi connectivity index (χ1v) is 9.84. The fourth-order valence-electron chi connectivity index (χ4n) is 2.71. The van der Waals surface area contributed by atoms with Gasteiger partial charge in [-0.15, -0.1) is 0 Å². The third-order valence-corrected chi connectivity index (χ3v) is 4.76. The maximum atomic E-state index is 12.7. The van der Waals surface area contributed by atoms with Crippen LogP contribution in [0.3, 0.4) is 0 Å². The highest BCUT2D eigenvalue weighted by molar-refractivity contribution is 6.32. The summed E-state index contributed by atoms with van der Waals surface area (Å²) in [4.78, 5) is 12.1. The predicted molar refractivity (Wildman–Crippen MR) is 117 cm³/mol. The summed E-state index contributed by atoms with van der Waals surface area (Å²) in [5.41, 5.74) is 3.00. The molecule has 10 heteroatoms. The van der Waals surface area contributed by atoms with Crippen molar-refractivity contribution < 1.29 is 32.5 Å². The standard InChI is InChI=1S/C23H18ClF3N2O4/c1-32-21-10-15(12-28-29-22(31)16-5-8-19(30)18(24)11-16)4-9-20(21)33-13-14-2-6-17(7-3-14)23(25,26)27/h2-12,30H,13H2,1H3,(H,29,31)/b28-12+. The van der Waals surface area contributed by atoms with Crippen LogP contribution >= 0.6 is 11.6 Å². The molecule has 0 bridgehead atoms. The number of aromatic hydroxyl groups is 1. The van der Waals surface area contributed by atoms with E-state index in [1.54, 1.807) is 18.2 Å². The van der Waals surface area contributed by atoms with E-state index >= 15 is 0 Å². The number of hydrogen-bond acceptors (Lipinski definition) is 5. The number of alkyl halides is 3. The molecule has 3 rings (SSSR count). The van der Waals surface area contributed by atoms with Crippen LogP contribution in [0.25, 0.3) is 0 Å². The molecule has 0 aliphatic carbocycles. The van der Waals surface area contributed by atoms with E-state index in [-0.39, 0.29) is 22.9 Å². The Labute approximate surface area is 192 Å². The van der Waals surface area contributed by atoms with Crippen LogP contribution in [-0.2, 0) is 12.8 Å². The number of nitrogens with one attached hydrogen (secondary N) is 1. The Balaban J connectivity index is 1.61. The molecule has 0 saturated carbocycles. The summed E-state index contributed by atoms with van der Waals surface area (Å²) in [5.74, 6) is 0.112. The minimum absolute atomic E-state index is 0.0447. The zero-order chi connectivity index (χ0) is 24.0. The first-order chi connectivity index (χ1) is 15.7. The van der Waals surface area contributed by atoms with E-state index in [0.717, 1.165) is 12.1 Å². The highest BCUT2D eigenvalue weighted by atomic mass is 35.5. The van der Waals surface area contributed by atoms with Crippen molar-refractivity contribution in [3.63, 3.8) is 0 Å². The molecule has 6 nitrogen and oxygen atoms in total. The normalized spacial score (nSPS) is 11.4. The van der Waals surface area contributed by atoms with Crippen LogP contribution < -0.4 is 14.9 Å². The van der Waals surface area contributed by atoms with Crippen molar-refractivity contribution in [3.05, 3.63) is 87.9 Å². The van der Waals surface area contributed by atoms with Gasteiger partial charge in [-0.3, -0.25) is 4.79 Å². The molecule has 0 aliphatic heterocycles. The van der Waals surface area contributed by atoms with Gasteiger partial charge in [0.2, 0.25) is 0 Å². The molecule has 0 radical (unpaired) electrons. The number of hydrogen-bond donors (Lipinski definition) is 2. The number of phenolic OH excluding ortho intramolecular Hbond substituents is 1. The topological polar surface area (TPSA) is 80.2 Å². The van der Waals surface area contributed by atoms with E-state index in [9.17, 15) is 23.1 Å². The molecule has 3 aromatic rings. The summed E-state index contributed by atoms with van der Waals surface area (Å²) in [6, 6.07) is 13.6. The molecule has 1 amide bonds. The summed E-state index contributed by atoms with van der Waals surface area (Å²) in [7, 11) is 1.44. The fourth-order valence-corrected chi connectivity index (χ4v) is 2.89. The van der Waals surface area contributed by atoms with Gasteiger partial charge >= 0.3 is 6.18 Å². The molecule has 0 atom stereocenters. The fraction of sp³-hybridized carbons (Fsp3) is 0.130. The number of carbonyl (C=O) groups is 1. The Bertz CT molecular complexity index is 1170. The molecule has 0 heterocycles. The van der Waals surface area contributed by atoms with E-state index in [4.69, 9.17) is 21.1 Å². The number of ether oxygens (including phenoxy) is 2. The third kappa shape index (κ3) is 6.39. The molecule has 0 unspecified atom stereocenters. The van der Waals surface area contributed by atoms with E-state index in [2.05, 4.69) is 10.5 Å². The lowest BCUT2D eigenvalue weighted by Crippen LogP contribution is -2.17. The second-order valence-corrected chi connectivity index (χ2v) is 7.17. The first kappa shape index (κ1) is 23.9. The molecule has 0 spiro atoms. The van der Waals surface area contributed by atoms with Crippen molar-refractivity contribution in [1.29, 1.82) is 0 Å². The highest BCUT2D eigenvalue weighted by Gasteiger charge is 2.29. The average molecular weight is 479 g/mol. The Morgan fingerprint density at radius 3 is 2.45 bits per heavy atom. The second kappa shape index (κ2) is 10.3. The van der Waals surface area contributed by atoms with Crippen LogP contribution in [0.4, 0.5) is 13.2 Å². The van der Waals surface area contributed by atoms with Gasteiger partial charge in [0.25, 0.3) is 5.91 Å². The van der Waals surface area contributed by atoms with Crippen LogP contribution in [0.5, 0.6) is 17.2 Å². The molecule has 0 aliphatic rings. The molecule has 172 valence electrons. The minimum Gasteiger partial charge on any atom is -0.506 e. The molecule has 33 heavy (non-hydrogen) atoms. The molecule has 0 aromatic heterocycles. The molecule has 3 aromatic carbocycles. The Morgan fingerprint density at radius 1 is 1.09 bits per heavy atom. The average Bonchev–Trinajstić information content (AvgIpc) is 2.79. The summed E-state index contributed by atoms with van der Waals surface area (Å²) in [6.45, 7) is 0.0488. The first-order valence-electron chi connectivity index (χ1n) is 9.46. The molecule has 2 N–H and O–H groups in total. The van der Waals surface area contributed by atoms with E-state index < -0.39 is 17.6 Å². The van der Waals surface area contributed by atoms with Crippen molar-refractivity contribution in [2.45, 2.75) is 12.8 Å². The van der Waals surface area contributed by atoms with Gasteiger partial charge < -0.3 is 14.6 Å². The Kier molecular flexibility index (Phi) is 7.44. The van der Waals surface area contributed by atoms with Gasteiger partial charge in [-0.25, -0.2) is 5.43 Å². The van der Waals surface area contributed by atoms with Crippen LogP contribution in [-0.4, -0.2) is 24.3 Å². The molecule has 0 fully saturated rings. The van der Waals surface area contributed by atoms with Gasteiger partial charge in [-0.1, -0.05) is 23.7 Å². The predicted octanol–water partition coefficient (Wildman–Crippen LogP) is 5.42. The number of benzene rings is 3. The number of amides is 1. The number of nitrogens with zero attached hydrogens (tertiary/aromatic N) is 1. The number of carbonyl (C=O) groups excluding carboxylic acids is 1. The maximum Gasteiger partial charge on any atom is 0.416 e. The zero-order valence-corrected chi connectivity index (χ0v) is 17.9. The largest absolute Gasteiger partial charge is 0.506 e. The number of hydrazone groups is 1. The quantitative estimate of drug-likeness (QED) is 0.351. The summed E-state index contributed by atoms with van der Waals surface area (Å²) in [5, 5.41) is 13.3. The van der Waals surface area contributed by atoms with Crippen LogP contribution in [0.15, 0.2) is 65.8 Å². The Hall–Kier alpha value is -3.72. The lowest BCUT2D eigenvalue weighted by Gasteiger charge is -2.12. The Morgan fingerprint density at radius 2 is 1.82 bits per heavy atom. The second-order valence-electron chi connectivity index (χ2n) is 6.76. The zero-order valence-electron chi connectivity index (χ0n) is 17.2. The van der Waals surface area contributed by atoms with Crippen LogP contribution in [0, 0.1) is 0 Å². The van der Waals surface area contributed by atoms with Crippen LogP contribution in [0.1, 0.15) is 27.0 Å². The summed E-state index contributed by atoms with van der Waals surface area (Å²) < 4.78 is 48.9. The summed E-state index contributed by atoms with van der Waals surface area (Å²) >= 11 is 5.79. The van der Waals surface area contributed by atoms with Crippen molar-refractivity contribution in [2.24, 2.45) is 5.10 Å². The van der Waals surface area contributed by atoms with E-state index in [0.29, 0.717) is 22.6 Å². The number of rotatable bonds is 7. The van der Waals surface area contributed by atoms with E-state index in [1.807, 2.05) is 0 Å². The van der Waals surface area contributed by atoms with Crippen molar-refractivity contribution in [1.82, 2.24) is 5.43 Å². The number of phenols is 1. The van der Waals surface area contributed by atoms with Crippen molar-refractivity contribution in [2.75, 3.05) is 7.11 Å². The van der Waals surface area contributed by atoms with Gasteiger partial charge in [0.1, 0.15) is 12.4 Å². The van der Waals surface area contributed by atoms with Crippen LogP contribution in [0.2, 0.25) is 5.02 Å². The van der Waals surface area contributed by atoms with Gasteiger partial charge in [0, 0.05) is 5.56 Å². The van der Waals surface area contributed by atoms with Gasteiger partial charge in [0.05, 0.1) is 23.9 Å². The lowest BCUT2D eigenvalue weighted by atomic mass is 10.1. The molecular formula is C23H18ClF3N2O4. The molecule has 0 saturated heterocycles. The van der Waals surface area contributed by atoms with E-state index in [1.165, 1.54) is 43.7 Å². The summed E-state index contributed by atoms with van der Waals surface area (Å²) in [6.07, 6.45) is -3.00. The van der Waals surface area contributed by atoms with Crippen molar-refractivity contribution in [3.8, 4) is 17.2 Å². The van der Waals surface area contributed by atoms with Crippen molar-refractivity contribution >= 4 is 23.7 Å².